The van der Waals surface area contributed by atoms with Gasteiger partial charge in [-0.15, -0.1) is 23.7 Å². The van der Waals surface area contributed by atoms with Gasteiger partial charge in [0.2, 0.25) is 5.91 Å². The molecule has 0 bridgehead atoms. The summed E-state index contributed by atoms with van der Waals surface area (Å²) < 4.78 is 0. The molecule has 1 aliphatic rings. The molecule has 2 rings (SSSR count). The van der Waals surface area contributed by atoms with Crippen LogP contribution in [0.2, 0.25) is 0 Å². The molecule has 1 aromatic rings. The maximum Gasteiger partial charge on any atom is 0.230 e. The Bertz CT molecular complexity index is 334. The third-order valence-corrected chi connectivity index (χ3v) is 4.05. The van der Waals surface area contributed by atoms with Crippen molar-refractivity contribution in [3.63, 3.8) is 0 Å². The number of carbonyl (C=O) groups is 1. The molecular formula is C12H19ClN2OS. The standard InChI is InChI=1S/C12H18N2OS.ClH/c1-10(11-4-2-9-16-11)12(15)14-7-3-5-13-6-8-14;/h2,4,9-10,13H,3,5-8H2,1H3;1H. The van der Waals surface area contributed by atoms with Crippen LogP contribution in [0.1, 0.15) is 24.1 Å². The van der Waals surface area contributed by atoms with Crippen molar-refractivity contribution < 1.29 is 4.79 Å². The Morgan fingerprint density at radius 3 is 3.00 bits per heavy atom. The van der Waals surface area contributed by atoms with Crippen LogP contribution in [0.25, 0.3) is 0 Å². The van der Waals surface area contributed by atoms with E-state index in [1.807, 2.05) is 29.3 Å². The lowest BCUT2D eigenvalue weighted by molar-refractivity contribution is -0.132. The zero-order valence-corrected chi connectivity index (χ0v) is 11.6. The highest BCUT2D eigenvalue weighted by atomic mass is 35.5. The second-order valence-corrected chi connectivity index (χ2v) is 5.15. The van der Waals surface area contributed by atoms with Gasteiger partial charge in [-0.2, -0.15) is 0 Å². The lowest BCUT2D eigenvalue weighted by Crippen LogP contribution is -2.36. The Kier molecular flexibility index (Phi) is 5.95. The summed E-state index contributed by atoms with van der Waals surface area (Å²) in [4.78, 5) is 15.4. The summed E-state index contributed by atoms with van der Waals surface area (Å²) in [6.07, 6.45) is 1.06. The van der Waals surface area contributed by atoms with Gasteiger partial charge in [0.1, 0.15) is 0 Å². The van der Waals surface area contributed by atoms with Gasteiger partial charge in [0, 0.05) is 24.5 Å². The van der Waals surface area contributed by atoms with Crippen LogP contribution < -0.4 is 5.32 Å². The molecule has 1 saturated heterocycles. The molecule has 1 aliphatic heterocycles. The van der Waals surface area contributed by atoms with Gasteiger partial charge < -0.3 is 10.2 Å². The van der Waals surface area contributed by atoms with Crippen LogP contribution in [-0.2, 0) is 4.79 Å². The van der Waals surface area contributed by atoms with Crippen LogP contribution in [0.4, 0.5) is 0 Å². The topological polar surface area (TPSA) is 32.3 Å². The van der Waals surface area contributed by atoms with E-state index in [1.165, 1.54) is 4.88 Å². The average Bonchev–Trinajstić information content (AvgIpc) is 2.70. The highest BCUT2D eigenvalue weighted by Crippen LogP contribution is 2.22. The highest BCUT2D eigenvalue weighted by molar-refractivity contribution is 7.10. The molecule has 1 amide bonds. The largest absolute Gasteiger partial charge is 0.341 e. The molecule has 3 nitrogen and oxygen atoms in total. The predicted molar refractivity (Wildman–Crippen MR) is 74.0 cm³/mol. The SMILES string of the molecule is CC(C(=O)N1CCCNCC1)c1cccs1.Cl. The van der Waals surface area contributed by atoms with Crippen LogP contribution in [-0.4, -0.2) is 37.0 Å². The van der Waals surface area contributed by atoms with E-state index in [9.17, 15) is 4.79 Å². The van der Waals surface area contributed by atoms with E-state index in [4.69, 9.17) is 0 Å². The van der Waals surface area contributed by atoms with Gasteiger partial charge >= 0.3 is 0 Å². The summed E-state index contributed by atoms with van der Waals surface area (Å²) >= 11 is 1.67. The first-order valence-electron chi connectivity index (χ1n) is 5.82. The molecular weight excluding hydrogens is 256 g/mol. The van der Waals surface area contributed by atoms with Crippen molar-refractivity contribution in [3.8, 4) is 0 Å². The average molecular weight is 275 g/mol. The summed E-state index contributed by atoms with van der Waals surface area (Å²) in [6, 6.07) is 4.05. The van der Waals surface area contributed by atoms with E-state index >= 15 is 0 Å². The molecule has 96 valence electrons. The summed E-state index contributed by atoms with van der Waals surface area (Å²) in [7, 11) is 0. The van der Waals surface area contributed by atoms with Gasteiger partial charge in [-0.05, 0) is 31.3 Å². The van der Waals surface area contributed by atoms with E-state index in [2.05, 4.69) is 5.32 Å². The maximum absolute atomic E-state index is 12.3. The Labute approximate surface area is 113 Å². The first-order valence-corrected chi connectivity index (χ1v) is 6.70. The molecule has 0 radical (unpaired) electrons. The number of amides is 1. The van der Waals surface area contributed by atoms with Crippen LogP contribution in [0.3, 0.4) is 0 Å². The van der Waals surface area contributed by atoms with E-state index in [0.29, 0.717) is 0 Å². The Balaban J connectivity index is 0.00000144. The van der Waals surface area contributed by atoms with Crippen molar-refractivity contribution in [2.45, 2.75) is 19.3 Å². The molecule has 0 spiro atoms. The Morgan fingerprint density at radius 1 is 1.47 bits per heavy atom. The minimum absolute atomic E-state index is 0. The first-order chi connectivity index (χ1) is 7.79. The number of nitrogens with one attached hydrogen (secondary N) is 1. The predicted octanol–water partition coefficient (Wildman–Crippen LogP) is 2.10. The van der Waals surface area contributed by atoms with Gasteiger partial charge in [-0.3, -0.25) is 4.79 Å². The Hall–Kier alpha value is -0.580. The van der Waals surface area contributed by atoms with E-state index in [0.717, 1.165) is 32.6 Å². The normalized spacial score (nSPS) is 18.1. The lowest BCUT2D eigenvalue weighted by Gasteiger charge is -2.23. The molecule has 1 fully saturated rings. The zero-order chi connectivity index (χ0) is 11.4. The van der Waals surface area contributed by atoms with E-state index in [-0.39, 0.29) is 24.2 Å². The van der Waals surface area contributed by atoms with Crippen LogP contribution in [0.15, 0.2) is 17.5 Å². The van der Waals surface area contributed by atoms with Crippen LogP contribution in [0.5, 0.6) is 0 Å². The third-order valence-electron chi connectivity index (χ3n) is 2.99. The molecule has 1 N–H and O–H groups in total. The maximum atomic E-state index is 12.3. The number of hydrogen-bond donors (Lipinski definition) is 1. The first kappa shape index (κ1) is 14.5. The van der Waals surface area contributed by atoms with Gasteiger partial charge in [0.05, 0.1) is 5.92 Å². The number of nitrogens with zero attached hydrogens (tertiary/aromatic N) is 1. The second-order valence-electron chi connectivity index (χ2n) is 4.17. The van der Waals surface area contributed by atoms with Gasteiger partial charge in [-0.25, -0.2) is 0 Å². The van der Waals surface area contributed by atoms with Crippen molar-refractivity contribution in [3.05, 3.63) is 22.4 Å². The molecule has 1 aromatic heterocycles. The smallest absolute Gasteiger partial charge is 0.230 e. The third kappa shape index (κ3) is 3.69. The van der Waals surface area contributed by atoms with Crippen LogP contribution >= 0.6 is 23.7 Å². The fourth-order valence-corrected chi connectivity index (χ4v) is 2.78. The number of hydrogen-bond acceptors (Lipinski definition) is 3. The molecule has 0 saturated carbocycles. The molecule has 1 unspecified atom stereocenters. The van der Waals surface area contributed by atoms with Gasteiger partial charge in [0.15, 0.2) is 0 Å². The Morgan fingerprint density at radius 2 is 2.29 bits per heavy atom. The zero-order valence-electron chi connectivity index (χ0n) is 10.0. The highest BCUT2D eigenvalue weighted by Gasteiger charge is 2.22. The van der Waals surface area contributed by atoms with Crippen molar-refractivity contribution in [1.29, 1.82) is 0 Å². The van der Waals surface area contributed by atoms with Crippen molar-refractivity contribution in [2.75, 3.05) is 26.2 Å². The number of thiophene rings is 1. The van der Waals surface area contributed by atoms with E-state index < -0.39 is 0 Å². The monoisotopic (exact) mass is 274 g/mol. The quantitative estimate of drug-likeness (QED) is 0.896. The molecule has 2 heterocycles. The molecule has 0 aromatic carbocycles. The number of halogens is 1. The van der Waals surface area contributed by atoms with Gasteiger partial charge in [-0.1, -0.05) is 6.07 Å². The second kappa shape index (κ2) is 6.99. The summed E-state index contributed by atoms with van der Waals surface area (Å²) in [5, 5.41) is 5.35. The van der Waals surface area contributed by atoms with Crippen LogP contribution in [0, 0.1) is 0 Å². The molecule has 1 atom stereocenters. The summed E-state index contributed by atoms with van der Waals surface area (Å²) in [5.41, 5.74) is 0. The van der Waals surface area contributed by atoms with Crippen molar-refractivity contribution in [2.24, 2.45) is 0 Å². The minimum atomic E-state index is 0. The summed E-state index contributed by atoms with van der Waals surface area (Å²) in [6.45, 7) is 5.68. The lowest BCUT2D eigenvalue weighted by atomic mass is 10.1. The number of rotatable bonds is 2. The molecule has 17 heavy (non-hydrogen) atoms. The van der Waals surface area contributed by atoms with E-state index in [1.54, 1.807) is 11.3 Å². The molecule has 5 heteroatoms. The number of carbonyl (C=O) groups excluding carboxylic acids is 1. The van der Waals surface area contributed by atoms with Crippen molar-refractivity contribution in [1.82, 2.24) is 10.2 Å². The fraction of sp³-hybridized carbons (Fsp3) is 0.583. The summed E-state index contributed by atoms with van der Waals surface area (Å²) in [5.74, 6) is 0.282. The fourth-order valence-electron chi connectivity index (χ4n) is 2.00. The van der Waals surface area contributed by atoms with Gasteiger partial charge in [0.25, 0.3) is 0 Å². The molecule has 0 aliphatic carbocycles. The minimum Gasteiger partial charge on any atom is -0.341 e. The van der Waals surface area contributed by atoms with Crippen molar-refractivity contribution >= 4 is 29.7 Å².